The first kappa shape index (κ1) is 33.8. The molecule has 0 bridgehead atoms. The van der Waals surface area contributed by atoms with Gasteiger partial charge in [-0.3, -0.25) is 4.79 Å². The Bertz CT molecular complexity index is 997. The Balaban J connectivity index is 1.42. The van der Waals surface area contributed by atoms with Gasteiger partial charge in [0.2, 0.25) is 0 Å². The van der Waals surface area contributed by atoms with E-state index in [9.17, 15) is 4.79 Å². The van der Waals surface area contributed by atoms with Crippen molar-refractivity contribution in [1.29, 1.82) is 0 Å². The van der Waals surface area contributed by atoms with Crippen LogP contribution in [0.4, 0.5) is 0 Å². The number of esters is 1. The molecule has 42 heavy (non-hydrogen) atoms. The number of fused-ring (bicyclic) bond motifs is 4. The van der Waals surface area contributed by atoms with Gasteiger partial charge in [0.25, 0.3) is 0 Å². The third-order valence-corrected chi connectivity index (χ3v) is 13.9. The van der Waals surface area contributed by atoms with Gasteiger partial charge in [-0.15, -0.1) is 0 Å². The minimum absolute atomic E-state index is 0.0284. The average Bonchev–Trinajstić information content (AvgIpc) is 3.21. The van der Waals surface area contributed by atoms with Crippen molar-refractivity contribution in [1.82, 2.24) is 0 Å². The number of allylic oxidation sites excluding steroid dienone is 4. The van der Waals surface area contributed by atoms with E-state index in [1.165, 1.54) is 95.5 Å². The maximum absolute atomic E-state index is 13.0. The Kier molecular flexibility index (Phi) is 10.9. The molecule has 0 radical (unpaired) electrons. The van der Waals surface area contributed by atoms with Crippen molar-refractivity contribution in [3.05, 3.63) is 22.8 Å². The number of carbonyl (C=O) groups excluding carboxylic acids is 1. The fourth-order valence-corrected chi connectivity index (χ4v) is 11.1. The fraction of sp³-hybridized carbons (Fsp3) is 0.875. The van der Waals surface area contributed by atoms with Gasteiger partial charge < -0.3 is 4.74 Å². The van der Waals surface area contributed by atoms with E-state index in [0.29, 0.717) is 23.2 Å². The third kappa shape index (κ3) is 6.36. The van der Waals surface area contributed by atoms with Gasteiger partial charge in [-0.2, -0.15) is 0 Å². The van der Waals surface area contributed by atoms with Gasteiger partial charge in [0.05, 0.1) is 0 Å². The second kappa shape index (κ2) is 13.5. The molecular weight excluding hydrogens is 512 g/mol. The second-order valence-corrected chi connectivity index (χ2v) is 16.9. The third-order valence-electron chi connectivity index (χ3n) is 13.9. The highest BCUT2D eigenvalue weighted by Crippen LogP contribution is 2.72. The maximum atomic E-state index is 13.0. The van der Waals surface area contributed by atoms with E-state index in [2.05, 4.69) is 68.4 Å². The molecule has 2 saturated carbocycles. The molecule has 2 heteroatoms. The molecule has 0 aromatic heterocycles. The van der Waals surface area contributed by atoms with E-state index in [1.807, 2.05) is 11.1 Å². The predicted molar refractivity (Wildman–Crippen MR) is 179 cm³/mol. The van der Waals surface area contributed by atoms with Gasteiger partial charge in [0.15, 0.2) is 0 Å². The average molecular weight is 581 g/mol. The van der Waals surface area contributed by atoms with Crippen LogP contribution >= 0.6 is 0 Å². The summed E-state index contributed by atoms with van der Waals surface area (Å²) in [5, 5.41) is 0. The first-order valence-electron chi connectivity index (χ1n) is 18.4. The van der Waals surface area contributed by atoms with E-state index in [1.54, 1.807) is 0 Å². The number of rotatable bonds is 13. The molecule has 2 nitrogen and oxygen atoms in total. The van der Waals surface area contributed by atoms with Crippen LogP contribution < -0.4 is 0 Å². The molecule has 0 aliphatic heterocycles. The van der Waals surface area contributed by atoms with Gasteiger partial charge in [-0.25, -0.2) is 0 Å². The first-order chi connectivity index (χ1) is 19.8. The number of ether oxygens (including phenoxy) is 1. The monoisotopic (exact) mass is 581 g/mol. The highest BCUT2D eigenvalue weighted by atomic mass is 16.5. The molecule has 0 aromatic rings. The minimum atomic E-state index is 0.0284. The normalized spacial score (nSPS) is 36.1. The van der Waals surface area contributed by atoms with Crippen LogP contribution in [-0.4, -0.2) is 12.1 Å². The molecule has 4 rings (SSSR count). The van der Waals surface area contributed by atoms with Crippen LogP contribution in [0.1, 0.15) is 178 Å². The van der Waals surface area contributed by atoms with Gasteiger partial charge in [0.1, 0.15) is 6.10 Å². The van der Waals surface area contributed by atoms with Crippen molar-refractivity contribution in [2.45, 2.75) is 184 Å². The lowest BCUT2D eigenvalue weighted by molar-refractivity contribution is -0.170. The number of hydrogen-bond donors (Lipinski definition) is 0. The van der Waals surface area contributed by atoms with E-state index in [4.69, 9.17) is 4.74 Å². The summed E-state index contributed by atoms with van der Waals surface area (Å²) in [6, 6.07) is 0. The summed E-state index contributed by atoms with van der Waals surface area (Å²) in [7, 11) is 0. The van der Waals surface area contributed by atoms with Crippen molar-refractivity contribution in [2.24, 2.45) is 39.4 Å². The second-order valence-electron chi connectivity index (χ2n) is 16.9. The van der Waals surface area contributed by atoms with Crippen molar-refractivity contribution in [3.63, 3.8) is 0 Å². The smallest absolute Gasteiger partial charge is 0.306 e. The van der Waals surface area contributed by atoms with Gasteiger partial charge in [-0.1, -0.05) is 110 Å². The molecule has 0 unspecified atom stereocenters. The minimum Gasteiger partial charge on any atom is -0.462 e. The van der Waals surface area contributed by atoms with E-state index in [0.717, 1.165) is 31.1 Å². The van der Waals surface area contributed by atoms with Crippen LogP contribution in [0.3, 0.4) is 0 Å². The quantitative estimate of drug-likeness (QED) is 0.123. The Morgan fingerprint density at radius 2 is 1.57 bits per heavy atom. The predicted octanol–water partition coefficient (Wildman–Crippen LogP) is 12.2. The summed E-state index contributed by atoms with van der Waals surface area (Å²) < 4.78 is 6.32. The number of hydrogen-bond acceptors (Lipinski definition) is 2. The van der Waals surface area contributed by atoms with Crippen LogP contribution in [0.5, 0.6) is 0 Å². The van der Waals surface area contributed by atoms with Crippen LogP contribution in [-0.2, 0) is 9.53 Å². The Hall–Kier alpha value is -1.05. The van der Waals surface area contributed by atoms with E-state index >= 15 is 0 Å². The highest BCUT2D eigenvalue weighted by Gasteiger charge is 2.63. The SMILES string of the molecule is CCCCCCCCCC(=O)O[C@H]1CC[C@]2(C)C3=C(CC[C@H]2C1(C)C)[C@]1(C)CC[C@H]([C@H](C)CCC=C(C)C)[C@@]1(C)CC3. The lowest BCUT2D eigenvalue weighted by Gasteiger charge is -2.62. The molecule has 2 fully saturated rings. The molecule has 0 amide bonds. The van der Waals surface area contributed by atoms with Crippen molar-refractivity contribution >= 4 is 5.97 Å². The molecule has 7 atom stereocenters. The number of unbranched alkanes of at least 4 members (excludes halogenated alkanes) is 6. The lowest BCUT2D eigenvalue weighted by Crippen LogP contribution is -2.55. The van der Waals surface area contributed by atoms with Crippen molar-refractivity contribution < 1.29 is 9.53 Å². The van der Waals surface area contributed by atoms with Gasteiger partial charge >= 0.3 is 5.97 Å². The molecule has 0 spiro atoms. The molecule has 0 N–H and O–H groups in total. The molecule has 4 aliphatic rings. The number of carbonyl (C=O) groups is 1. The van der Waals surface area contributed by atoms with Crippen molar-refractivity contribution in [2.75, 3.05) is 0 Å². The summed E-state index contributed by atoms with van der Waals surface area (Å²) in [5.74, 6) is 2.29. The zero-order chi connectivity index (χ0) is 30.8. The fourth-order valence-electron chi connectivity index (χ4n) is 11.1. The lowest BCUT2D eigenvalue weighted by atomic mass is 9.43. The van der Waals surface area contributed by atoms with Gasteiger partial charge in [-0.05, 0) is 118 Å². The van der Waals surface area contributed by atoms with E-state index in [-0.39, 0.29) is 22.9 Å². The van der Waals surface area contributed by atoms with Gasteiger partial charge in [0, 0.05) is 11.8 Å². The first-order valence-corrected chi connectivity index (χ1v) is 18.4. The summed E-state index contributed by atoms with van der Waals surface area (Å²) >= 11 is 0. The summed E-state index contributed by atoms with van der Waals surface area (Å²) in [6.07, 6.45) is 24.5. The van der Waals surface area contributed by atoms with Crippen LogP contribution in [0.2, 0.25) is 0 Å². The Morgan fingerprint density at radius 3 is 2.26 bits per heavy atom. The summed E-state index contributed by atoms with van der Waals surface area (Å²) in [6.45, 7) is 22.1. The van der Waals surface area contributed by atoms with Crippen molar-refractivity contribution in [3.8, 4) is 0 Å². The Labute approximate surface area is 261 Å². The summed E-state index contributed by atoms with van der Waals surface area (Å²) in [4.78, 5) is 13.0. The standard InChI is InChI=1S/C40H68O2/c1-10-11-12-13-14-15-16-20-36(41)42-35-25-26-38(7)32-24-28-39(8)31(30(4)19-17-18-29(2)3)23-27-40(39,9)33(32)21-22-34(38)37(35,5)6/h18,30-31,34-35H,10-17,19-28H2,1-9H3/t30-,31-,34+,35+,38-,39-,40+/m1/s1. The molecule has 240 valence electrons. The molecule has 0 saturated heterocycles. The van der Waals surface area contributed by atoms with Crippen LogP contribution in [0.15, 0.2) is 22.8 Å². The van der Waals surface area contributed by atoms with E-state index < -0.39 is 0 Å². The largest absolute Gasteiger partial charge is 0.462 e. The highest BCUT2D eigenvalue weighted by molar-refractivity contribution is 5.69. The maximum Gasteiger partial charge on any atom is 0.306 e. The Morgan fingerprint density at radius 1 is 0.881 bits per heavy atom. The molecule has 0 aromatic carbocycles. The van der Waals surface area contributed by atoms with Crippen LogP contribution in [0, 0.1) is 39.4 Å². The summed E-state index contributed by atoms with van der Waals surface area (Å²) in [5.41, 5.74) is 6.25. The molecule has 4 aliphatic carbocycles. The zero-order valence-electron chi connectivity index (χ0n) is 29.4. The zero-order valence-corrected chi connectivity index (χ0v) is 29.4. The molecule has 0 heterocycles. The topological polar surface area (TPSA) is 26.3 Å². The molecular formula is C40H68O2. The van der Waals surface area contributed by atoms with Crippen LogP contribution in [0.25, 0.3) is 0 Å².